The summed E-state index contributed by atoms with van der Waals surface area (Å²) in [5, 5.41) is 0. The highest BCUT2D eigenvalue weighted by atomic mass is 16.5. The van der Waals surface area contributed by atoms with Gasteiger partial charge in [0.25, 0.3) is 5.91 Å². The number of ether oxygens (including phenoxy) is 1. The normalized spacial score (nSPS) is 9.74. The molecule has 1 amide bonds. The van der Waals surface area contributed by atoms with Gasteiger partial charge in [-0.25, -0.2) is 0 Å². The molecule has 0 unspecified atom stereocenters. The van der Waals surface area contributed by atoms with Gasteiger partial charge in [0, 0.05) is 31.0 Å². The molecule has 0 aliphatic heterocycles. The minimum atomic E-state index is -0.306. The Morgan fingerprint density at radius 1 is 1.42 bits per heavy atom. The molecule has 0 atom stereocenters. The van der Waals surface area contributed by atoms with Gasteiger partial charge in [-0.05, 0) is 19.1 Å². The van der Waals surface area contributed by atoms with E-state index >= 15 is 0 Å². The number of nitrogens with zero attached hydrogens (tertiary/aromatic N) is 2. The number of pyridine rings is 1. The third kappa shape index (κ3) is 4.91. The molecule has 1 aromatic rings. The fourth-order valence-electron chi connectivity index (χ4n) is 1.57. The lowest BCUT2D eigenvalue weighted by molar-refractivity contribution is -0.143. The van der Waals surface area contributed by atoms with Crippen LogP contribution in [0.25, 0.3) is 0 Å². The molecule has 0 saturated heterocycles. The van der Waals surface area contributed by atoms with Crippen LogP contribution in [0, 0.1) is 0 Å². The van der Waals surface area contributed by atoms with Gasteiger partial charge >= 0.3 is 5.97 Å². The molecular weight excluding hydrogens is 244 g/mol. The number of aromatic nitrogens is 1. The standard InChI is InChI=1S/C14H18N2O3/c1-3-10-16(11-7-13(17)19-4-2)14(18)12-5-8-15-9-6-12/h3,5-6,8-9H,1,4,7,10-11H2,2H3. The van der Waals surface area contributed by atoms with Crippen molar-refractivity contribution in [3.63, 3.8) is 0 Å². The highest BCUT2D eigenvalue weighted by Crippen LogP contribution is 2.05. The Labute approximate surface area is 112 Å². The molecule has 102 valence electrons. The predicted octanol–water partition coefficient (Wildman–Crippen LogP) is 1.66. The third-order valence-electron chi connectivity index (χ3n) is 2.46. The van der Waals surface area contributed by atoms with Crippen molar-refractivity contribution >= 4 is 11.9 Å². The molecule has 1 heterocycles. The zero-order valence-corrected chi connectivity index (χ0v) is 11.0. The monoisotopic (exact) mass is 262 g/mol. The van der Waals surface area contributed by atoms with Crippen LogP contribution in [0.5, 0.6) is 0 Å². The van der Waals surface area contributed by atoms with E-state index in [2.05, 4.69) is 11.6 Å². The summed E-state index contributed by atoms with van der Waals surface area (Å²) in [6.45, 7) is 6.42. The van der Waals surface area contributed by atoms with Crippen LogP contribution in [0.1, 0.15) is 23.7 Å². The molecular formula is C14H18N2O3. The summed E-state index contributed by atoms with van der Waals surface area (Å²) < 4.78 is 4.84. The SMILES string of the molecule is C=CCN(CCC(=O)OCC)C(=O)c1ccncc1. The average molecular weight is 262 g/mol. The van der Waals surface area contributed by atoms with Crippen molar-refractivity contribution in [3.8, 4) is 0 Å². The average Bonchev–Trinajstić information content (AvgIpc) is 2.44. The summed E-state index contributed by atoms with van der Waals surface area (Å²) in [5.41, 5.74) is 0.542. The molecule has 0 aliphatic rings. The number of hydrogen-bond donors (Lipinski definition) is 0. The number of esters is 1. The first-order valence-corrected chi connectivity index (χ1v) is 6.14. The third-order valence-corrected chi connectivity index (χ3v) is 2.46. The molecule has 0 aromatic carbocycles. The fraction of sp³-hybridized carbons (Fsp3) is 0.357. The molecule has 0 saturated carbocycles. The highest BCUT2D eigenvalue weighted by Gasteiger charge is 2.15. The van der Waals surface area contributed by atoms with E-state index in [0.717, 1.165) is 0 Å². The largest absolute Gasteiger partial charge is 0.466 e. The van der Waals surface area contributed by atoms with E-state index < -0.39 is 0 Å². The molecule has 0 fully saturated rings. The molecule has 0 radical (unpaired) electrons. The second kappa shape index (κ2) is 8.02. The maximum Gasteiger partial charge on any atom is 0.307 e. The van der Waals surface area contributed by atoms with Gasteiger partial charge in [-0.1, -0.05) is 6.08 Å². The van der Waals surface area contributed by atoms with Gasteiger partial charge in [-0.15, -0.1) is 6.58 Å². The Bertz CT molecular complexity index is 432. The molecule has 0 spiro atoms. The summed E-state index contributed by atoms with van der Waals surface area (Å²) in [7, 11) is 0. The van der Waals surface area contributed by atoms with E-state index in [0.29, 0.717) is 25.3 Å². The van der Waals surface area contributed by atoms with Crippen LogP contribution < -0.4 is 0 Å². The quantitative estimate of drug-likeness (QED) is 0.554. The lowest BCUT2D eigenvalue weighted by atomic mass is 10.2. The van der Waals surface area contributed by atoms with Crippen LogP contribution in [0.2, 0.25) is 0 Å². The van der Waals surface area contributed by atoms with Crippen LogP contribution in [-0.2, 0) is 9.53 Å². The van der Waals surface area contributed by atoms with Crippen LogP contribution in [0.4, 0.5) is 0 Å². The van der Waals surface area contributed by atoms with Crippen molar-refractivity contribution in [1.29, 1.82) is 0 Å². The van der Waals surface area contributed by atoms with Gasteiger partial charge in [-0.3, -0.25) is 14.6 Å². The number of amides is 1. The van der Waals surface area contributed by atoms with Crippen LogP contribution in [-0.4, -0.2) is 41.5 Å². The first-order chi connectivity index (χ1) is 9.19. The van der Waals surface area contributed by atoms with Gasteiger partial charge in [-0.2, -0.15) is 0 Å². The highest BCUT2D eigenvalue weighted by molar-refractivity contribution is 5.94. The van der Waals surface area contributed by atoms with E-state index in [9.17, 15) is 9.59 Å². The van der Waals surface area contributed by atoms with E-state index in [1.54, 1.807) is 42.4 Å². The number of hydrogen-bond acceptors (Lipinski definition) is 4. The molecule has 0 bridgehead atoms. The van der Waals surface area contributed by atoms with Crippen molar-refractivity contribution in [3.05, 3.63) is 42.7 Å². The number of carbonyl (C=O) groups excluding carboxylic acids is 2. The van der Waals surface area contributed by atoms with Gasteiger partial charge in [0.05, 0.1) is 13.0 Å². The van der Waals surface area contributed by atoms with Crippen molar-refractivity contribution in [2.75, 3.05) is 19.7 Å². The summed E-state index contributed by atoms with van der Waals surface area (Å²) in [6, 6.07) is 3.28. The predicted molar refractivity (Wildman–Crippen MR) is 71.6 cm³/mol. The van der Waals surface area contributed by atoms with E-state index in [-0.39, 0.29) is 18.3 Å². The molecule has 5 nitrogen and oxygen atoms in total. The lowest BCUT2D eigenvalue weighted by Gasteiger charge is -2.20. The zero-order chi connectivity index (χ0) is 14.1. The number of carbonyl (C=O) groups is 2. The van der Waals surface area contributed by atoms with Gasteiger partial charge < -0.3 is 9.64 Å². The van der Waals surface area contributed by atoms with Gasteiger partial charge in [0.1, 0.15) is 0 Å². The first-order valence-electron chi connectivity index (χ1n) is 6.14. The van der Waals surface area contributed by atoms with Crippen LogP contribution >= 0.6 is 0 Å². The fourth-order valence-corrected chi connectivity index (χ4v) is 1.57. The minimum absolute atomic E-state index is 0.147. The maximum absolute atomic E-state index is 12.2. The summed E-state index contributed by atoms with van der Waals surface area (Å²) in [6.07, 6.45) is 4.93. The Balaban J connectivity index is 2.64. The molecule has 5 heteroatoms. The second-order valence-corrected chi connectivity index (χ2v) is 3.83. The summed E-state index contributed by atoms with van der Waals surface area (Å²) >= 11 is 0. The molecule has 1 aromatic heterocycles. The van der Waals surface area contributed by atoms with E-state index in [4.69, 9.17) is 4.74 Å². The Kier molecular flexibility index (Phi) is 6.29. The van der Waals surface area contributed by atoms with Crippen molar-refractivity contribution in [2.24, 2.45) is 0 Å². The van der Waals surface area contributed by atoms with Crippen LogP contribution in [0.15, 0.2) is 37.2 Å². The zero-order valence-electron chi connectivity index (χ0n) is 11.0. The topological polar surface area (TPSA) is 59.5 Å². The lowest BCUT2D eigenvalue weighted by Crippen LogP contribution is -2.33. The molecule has 0 N–H and O–H groups in total. The Morgan fingerprint density at radius 2 is 2.11 bits per heavy atom. The second-order valence-electron chi connectivity index (χ2n) is 3.83. The molecule has 0 aliphatic carbocycles. The van der Waals surface area contributed by atoms with E-state index in [1.807, 2.05) is 0 Å². The Morgan fingerprint density at radius 3 is 2.68 bits per heavy atom. The van der Waals surface area contributed by atoms with Gasteiger partial charge in [0.15, 0.2) is 0 Å². The van der Waals surface area contributed by atoms with Crippen molar-refractivity contribution in [1.82, 2.24) is 9.88 Å². The molecule has 1 rings (SSSR count). The smallest absolute Gasteiger partial charge is 0.307 e. The first kappa shape index (κ1) is 14.9. The van der Waals surface area contributed by atoms with Crippen LogP contribution in [0.3, 0.4) is 0 Å². The minimum Gasteiger partial charge on any atom is -0.466 e. The van der Waals surface area contributed by atoms with Crippen molar-refractivity contribution in [2.45, 2.75) is 13.3 Å². The summed E-state index contributed by atoms with van der Waals surface area (Å²) in [5.74, 6) is -0.453. The number of rotatable bonds is 7. The maximum atomic E-state index is 12.2. The Hall–Kier alpha value is -2.17. The van der Waals surface area contributed by atoms with Crippen molar-refractivity contribution < 1.29 is 14.3 Å². The molecule has 19 heavy (non-hydrogen) atoms. The summed E-state index contributed by atoms with van der Waals surface area (Å²) in [4.78, 5) is 28.9. The van der Waals surface area contributed by atoms with E-state index in [1.165, 1.54) is 0 Å². The van der Waals surface area contributed by atoms with Gasteiger partial charge in [0.2, 0.25) is 0 Å².